The number of ether oxygens (including phenoxy) is 4. The SMILES string of the molecule is CCOc1ccc(C2CC(=O)C3=C(C2)NC(=O)CC3c2cc(OC)c(OC)cc2Br)cc1OC. The molecule has 2 aliphatic rings. The maximum absolute atomic E-state index is 13.5. The number of rotatable bonds is 7. The van der Waals surface area contributed by atoms with Crippen LogP contribution in [0.1, 0.15) is 49.1 Å². The highest BCUT2D eigenvalue weighted by Gasteiger charge is 2.39. The highest BCUT2D eigenvalue weighted by molar-refractivity contribution is 9.10. The Morgan fingerprint density at radius 2 is 1.59 bits per heavy atom. The van der Waals surface area contributed by atoms with Gasteiger partial charge in [-0.3, -0.25) is 9.59 Å². The van der Waals surface area contributed by atoms with Crippen LogP contribution in [-0.4, -0.2) is 39.6 Å². The predicted octanol–water partition coefficient (Wildman–Crippen LogP) is 4.88. The van der Waals surface area contributed by atoms with E-state index in [1.54, 1.807) is 21.3 Å². The zero-order valence-corrected chi connectivity index (χ0v) is 21.3. The molecule has 1 aliphatic heterocycles. The van der Waals surface area contributed by atoms with Gasteiger partial charge in [0.25, 0.3) is 0 Å². The van der Waals surface area contributed by atoms with Crippen molar-refractivity contribution in [2.75, 3.05) is 27.9 Å². The third kappa shape index (κ3) is 4.51. The second kappa shape index (κ2) is 10.1. The van der Waals surface area contributed by atoms with Gasteiger partial charge in [-0.25, -0.2) is 0 Å². The lowest BCUT2D eigenvalue weighted by molar-refractivity contribution is -0.122. The van der Waals surface area contributed by atoms with Crippen LogP contribution in [0.5, 0.6) is 23.0 Å². The molecule has 1 amide bonds. The fourth-order valence-electron chi connectivity index (χ4n) is 4.81. The van der Waals surface area contributed by atoms with E-state index in [-0.39, 0.29) is 29.9 Å². The number of carbonyl (C=O) groups excluding carboxylic acids is 2. The van der Waals surface area contributed by atoms with Gasteiger partial charge in [0.1, 0.15) is 0 Å². The van der Waals surface area contributed by atoms with Crippen molar-refractivity contribution in [3.63, 3.8) is 0 Å². The third-order valence-electron chi connectivity index (χ3n) is 6.37. The second-order valence-electron chi connectivity index (χ2n) is 8.30. The molecule has 34 heavy (non-hydrogen) atoms. The summed E-state index contributed by atoms with van der Waals surface area (Å²) in [6.45, 7) is 2.45. The zero-order chi connectivity index (χ0) is 24.4. The molecule has 0 saturated carbocycles. The summed E-state index contributed by atoms with van der Waals surface area (Å²) in [5.41, 5.74) is 3.16. The lowest BCUT2D eigenvalue weighted by Gasteiger charge is -2.35. The maximum Gasteiger partial charge on any atom is 0.225 e. The molecule has 0 bridgehead atoms. The van der Waals surface area contributed by atoms with Crippen molar-refractivity contribution in [2.24, 2.45) is 0 Å². The van der Waals surface area contributed by atoms with E-state index < -0.39 is 0 Å². The summed E-state index contributed by atoms with van der Waals surface area (Å²) < 4.78 is 22.7. The monoisotopic (exact) mass is 529 g/mol. The first kappa shape index (κ1) is 24.1. The van der Waals surface area contributed by atoms with Crippen LogP contribution in [0.2, 0.25) is 0 Å². The topological polar surface area (TPSA) is 83.1 Å². The molecule has 4 rings (SSSR count). The molecule has 2 unspecified atom stereocenters. The Labute approximate surface area is 207 Å². The maximum atomic E-state index is 13.5. The predicted molar refractivity (Wildman–Crippen MR) is 131 cm³/mol. The Morgan fingerprint density at radius 3 is 2.26 bits per heavy atom. The fraction of sp³-hybridized carbons (Fsp3) is 0.385. The molecule has 2 aromatic carbocycles. The highest BCUT2D eigenvalue weighted by atomic mass is 79.9. The van der Waals surface area contributed by atoms with E-state index in [2.05, 4.69) is 21.2 Å². The lowest BCUT2D eigenvalue weighted by Crippen LogP contribution is -2.38. The van der Waals surface area contributed by atoms with Gasteiger partial charge in [0.05, 0.1) is 27.9 Å². The van der Waals surface area contributed by atoms with E-state index in [0.29, 0.717) is 53.7 Å². The molecular weight excluding hydrogens is 502 g/mol. The fourth-order valence-corrected chi connectivity index (χ4v) is 5.41. The highest BCUT2D eigenvalue weighted by Crippen LogP contribution is 2.47. The number of allylic oxidation sites excluding steroid dienone is 2. The van der Waals surface area contributed by atoms with E-state index in [1.165, 1.54) is 0 Å². The molecule has 0 radical (unpaired) electrons. The van der Waals surface area contributed by atoms with Crippen molar-refractivity contribution in [3.8, 4) is 23.0 Å². The third-order valence-corrected chi connectivity index (χ3v) is 7.06. The minimum Gasteiger partial charge on any atom is -0.493 e. The van der Waals surface area contributed by atoms with Gasteiger partial charge in [-0.15, -0.1) is 0 Å². The minimum atomic E-state index is -0.360. The average molecular weight is 530 g/mol. The number of hydrogen-bond donors (Lipinski definition) is 1. The average Bonchev–Trinajstić information content (AvgIpc) is 2.83. The summed E-state index contributed by atoms with van der Waals surface area (Å²) in [5, 5.41) is 2.97. The smallest absolute Gasteiger partial charge is 0.225 e. The molecule has 0 aromatic heterocycles. The Morgan fingerprint density at radius 1 is 0.912 bits per heavy atom. The molecule has 1 aliphatic carbocycles. The van der Waals surface area contributed by atoms with Crippen LogP contribution in [-0.2, 0) is 9.59 Å². The van der Waals surface area contributed by atoms with Gasteiger partial charge in [-0.05, 0) is 54.7 Å². The molecule has 2 aromatic rings. The van der Waals surface area contributed by atoms with Gasteiger partial charge in [-0.1, -0.05) is 22.0 Å². The van der Waals surface area contributed by atoms with Crippen LogP contribution in [0, 0.1) is 0 Å². The van der Waals surface area contributed by atoms with Crippen LogP contribution in [0.3, 0.4) is 0 Å². The first-order valence-electron chi connectivity index (χ1n) is 11.2. The zero-order valence-electron chi connectivity index (χ0n) is 19.7. The summed E-state index contributed by atoms with van der Waals surface area (Å²) >= 11 is 3.60. The summed E-state index contributed by atoms with van der Waals surface area (Å²) in [4.78, 5) is 26.2. The lowest BCUT2D eigenvalue weighted by atomic mass is 9.73. The molecule has 8 heteroatoms. The van der Waals surface area contributed by atoms with Gasteiger partial charge in [0.15, 0.2) is 28.8 Å². The number of amides is 1. The van der Waals surface area contributed by atoms with Crippen LogP contribution < -0.4 is 24.3 Å². The minimum absolute atomic E-state index is 0.0331. The first-order valence-corrected chi connectivity index (χ1v) is 12.0. The van der Waals surface area contributed by atoms with Gasteiger partial charge >= 0.3 is 0 Å². The van der Waals surface area contributed by atoms with E-state index >= 15 is 0 Å². The van der Waals surface area contributed by atoms with Gasteiger partial charge in [0, 0.05) is 34.5 Å². The van der Waals surface area contributed by atoms with Crippen LogP contribution >= 0.6 is 15.9 Å². The second-order valence-corrected chi connectivity index (χ2v) is 9.15. The number of methoxy groups -OCH3 is 3. The van der Waals surface area contributed by atoms with E-state index in [1.807, 2.05) is 37.3 Å². The molecule has 0 spiro atoms. The molecule has 180 valence electrons. The van der Waals surface area contributed by atoms with Crippen molar-refractivity contribution in [2.45, 2.75) is 38.0 Å². The number of nitrogens with one attached hydrogen (secondary N) is 1. The Balaban J connectivity index is 1.71. The molecule has 0 saturated heterocycles. The number of benzene rings is 2. The van der Waals surface area contributed by atoms with Gasteiger partial charge in [-0.2, -0.15) is 0 Å². The molecule has 7 nitrogen and oxygen atoms in total. The largest absolute Gasteiger partial charge is 0.493 e. The first-order chi connectivity index (χ1) is 16.4. The molecule has 1 heterocycles. The summed E-state index contributed by atoms with van der Waals surface area (Å²) in [6.07, 6.45) is 1.11. The van der Waals surface area contributed by atoms with E-state index in [4.69, 9.17) is 18.9 Å². The molecular formula is C26H28BrNO6. The number of hydrogen-bond acceptors (Lipinski definition) is 6. The van der Waals surface area contributed by atoms with Crippen LogP contribution in [0.4, 0.5) is 0 Å². The van der Waals surface area contributed by atoms with Crippen LogP contribution in [0.15, 0.2) is 46.1 Å². The van der Waals surface area contributed by atoms with Crippen molar-refractivity contribution < 1.29 is 28.5 Å². The van der Waals surface area contributed by atoms with Crippen molar-refractivity contribution in [3.05, 3.63) is 57.2 Å². The van der Waals surface area contributed by atoms with E-state index in [9.17, 15) is 9.59 Å². The molecule has 0 fully saturated rings. The summed E-state index contributed by atoms with van der Waals surface area (Å²) in [5.74, 6) is 1.92. The van der Waals surface area contributed by atoms with Crippen LogP contribution in [0.25, 0.3) is 0 Å². The van der Waals surface area contributed by atoms with Crippen molar-refractivity contribution in [1.29, 1.82) is 0 Å². The quantitative estimate of drug-likeness (QED) is 0.550. The Hall–Kier alpha value is -3.00. The van der Waals surface area contributed by atoms with Crippen molar-refractivity contribution in [1.82, 2.24) is 5.32 Å². The van der Waals surface area contributed by atoms with Crippen molar-refractivity contribution >= 4 is 27.6 Å². The number of halogens is 1. The number of Topliss-reactive ketones (excluding diaryl/α,β-unsaturated/α-hetero) is 1. The standard InChI is InChI=1S/C26H28BrNO6/c1-5-34-21-7-6-14(10-22(21)31-2)15-8-19-26(20(29)9-15)17(12-25(30)28-19)16-11-23(32-3)24(33-4)13-18(16)27/h6-7,10-11,13,15,17H,5,8-9,12H2,1-4H3,(H,28,30). The number of ketones is 1. The molecule has 1 N–H and O–H groups in total. The Kier molecular flexibility index (Phi) is 7.16. The number of carbonyl (C=O) groups is 2. The van der Waals surface area contributed by atoms with Gasteiger partial charge < -0.3 is 24.3 Å². The summed E-state index contributed by atoms with van der Waals surface area (Å²) in [7, 11) is 4.73. The summed E-state index contributed by atoms with van der Waals surface area (Å²) in [6, 6.07) is 9.40. The Bertz CT molecular complexity index is 1160. The van der Waals surface area contributed by atoms with Gasteiger partial charge in [0.2, 0.25) is 5.91 Å². The van der Waals surface area contributed by atoms with E-state index in [0.717, 1.165) is 15.6 Å². The molecule has 2 atom stereocenters. The normalized spacial score (nSPS) is 19.9.